The minimum atomic E-state index is 0.370. The molecule has 76 valence electrons. The van der Waals surface area contributed by atoms with Gasteiger partial charge in [-0.25, -0.2) is 0 Å². The molecule has 0 radical (unpaired) electrons. The number of rotatable bonds is 8. The van der Waals surface area contributed by atoms with Crippen molar-refractivity contribution in [3.63, 3.8) is 0 Å². The van der Waals surface area contributed by atoms with Crippen molar-refractivity contribution in [2.45, 2.75) is 58.8 Å². The third-order valence-electron chi connectivity index (χ3n) is 2.02. The number of hydrogen-bond donors (Lipinski definition) is 0. The van der Waals surface area contributed by atoms with E-state index in [-0.39, 0.29) is 0 Å². The first-order valence-electron chi connectivity index (χ1n) is 5.48. The topological polar surface area (TPSA) is 17.1 Å². The lowest BCUT2D eigenvalue weighted by Gasteiger charge is -1.93. The summed E-state index contributed by atoms with van der Waals surface area (Å²) in [6, 6.07) is 0. The molecule has 0 N–H and O–H groups in total. The fourth-order valence-electron chi connectivity index (χ4n) is 1.23. The standard InChI is InChI=1S/C12H22O/c1-3-5-6-7-8-9-11-12(13)10-4-2/h8-9H,3-7,10-11H2,1-2H3. The lowest BCUT2D eigenvalue weighted by Crippen LogP contribution is -1.93. The zero-order valence-corrected chi connectivity index (χ0v) is 9.01. The number of unbranched alkanes of at least 4 members (excludes halogenated alkanes) is 3. The van der Waals surface area contributed by atoms with E-state index in [1.54, 1.807) is 0 Å². The Kier molecular flexibility index (Phi) is 9.07. The molecule has 13 heavy (non-hydrogen) atoms. The summed E-state index contributed by atoms with van der Waals surface area (Å²) in [5.41, 5.74) is 0. The van der Waals surface area contributed by atoms with Crippen LogP contribution in [0.1, 0.15) is 58.8 Å². The van der Waals surface area contributed by atoms with Crippen LogP contribution in [-0.4, -0.2) is 5.78 Å². The van der Waals surface area contributed by atoms with Gasteiger partial charge < -0.3 is 0 Å². The molecule has 0 aliphatic carbocycles. The number of hydrogen-bond acceptors (Lipinski definition) is 1. The van der Waals surface area contributed by atoms with Gasteiger partial charge in [0.15, 0.2) is 0 Å². The fourth-order valence-corrected chi connectivity index (χ4v) is 1.23. The average molecular weight is 182 g/mol. The van der Waals surface area contributed by atoms with E-state index in [1.807, 2.05) is 13.0 Å². The first kappa shape index (κ1) is 12.4. The van der Waals surface area contributed by atoms with Crippen LogP contribution in [0.5, 0.6) is 0 Å². The van der Waals surface area contributed by atoms with E-state index in [1.165, 1.54) is 19.3 Å². The van der Waals surface area contributed by atoms with Crippen molar-refractivity contribution >= 4 is 5.78 Å². The maximum Gasteiger partial charge on any atom is 0.136 e. The smallest absolute Gasteiger partial charge is 0.136 e. The van der Waals surface area contributed by atoms with Crippen LogP contribution in [0.25, 0.3) is 0 Å². The summed E-state index contributed by atoms with van der Waals surface area (Å²) in [5, 5.41) is 0. The Labute approximate surface area is 82.2 Å². The van der Waals surface area contributed by atoms with Crippen molar-refractivity contribution in [1.82, 2.24) is 0 Å². The summed E-state index contributed by atoms with van der Waals surface area (Å²) in [6.07, 6.45) is 11.5. The fraction of sp³-hybridized carbons (Fsp3) is 0.750. The van der Waals surface area contributed by atoms with Gasteiger partial charge in [0.25, 0.3) is 0 Å². The molecular weight excluding hydrogens is 160 g/mol. The summed E-state index contributed by atoms with van der Waals surface area (Å²) in [5.74, 6) is 0.370. The van der Waals surface area contributed by atoms with Crippen molar-refractivity contribution in [3.05, 3.63) is 12.2 Å². The normalized spacial score (nSPS) is 10.9. The summed E-state index contributed by atoms with van der Waals surface area (Å²) >= 11 is 0. The van der Waals surface area contributed by atoms with Gasteiger partial charge in [-0.2, -0.15) is 0 Å². The molecular formula is C12H22O. The Bertz CT molecular complexity index is 147. The van der Waals surface area contributed by atoms with Gasteiger partial charge in [-0.15, -0.1) is 0 Å². The molecule has 0 aromatic heterocycles. The molecule has 0 aromatic carbocycles. The quantitative estimate of drug-likeness (QED) is 0.411. The summed E-state index contributed by atoms with van der Waals surface area (Å²) in [7, 11) is 0. The maximum absolute atomic E-state index is 11.1. The summed E-state index contributed by atoms with van der Waals surface area (Å²) < 4.78 is 0. The van der Waals surface area contributed by atoms with Crippen LogP contribution in [-0.2, 0) is 4.79 Å². The Morgan fingerprint density at radius 1 is 1.08 bits per heavy atom. The van der Waals surface area contributed by atoms with Crippen molar-refractivity contribution < 1.29 is 4.79 Å². The molecule has 1 nitrogen and oxygen atoms in total. The van der Waals surface area contributed by atoms with Gasteiger partial charge in [-0.3, -0.25) is 4.79 Å². The Balaban J connectivity index is 3.25. The van der Waals surface area contributed by atoms with Gasteiger partial charge in [-0.05, 0) is 19.3 Å². The van der Waals surface area contributed by atoms with Gasteiger partial charge >= 0.3 is 0 Å². The van der Waals surface area contributed by atoms with Crippen molar-refractivity contribution in [1.29, 1.82) is 0 Å². The molecule has 0 aliphatic rings. The first-order chi connectivity index (χ1) is 6.31. The van der Waals surface area contributed by atoms with Crippen molar-refractivity contribution in [2.75, 3.05) is 0 Å². The Morgan fingerprint density at radius 3 is 2.46 bits per heavy atom. The SMILES string of the molecule is CCCCCC=CCC(=O)CCC. The van der Waals surface area contributed by atoms with Crippen LogP contribution in [0.3, 0.4) is 0 Å². The van der Waals surface area contributed by atoms with E-state index in [0.717, 1.165) is 19.3 Å². The zero-order valence-electron chi connectivity index (χ0n) is 9.01. The predicted octanol–water partition coefficient (Wildman–Crippen LogP) is 3.88. The van der Waals surface area contributed by atoms with Gasteiger partial charge in [0.2, 0.25) is 0 Å². The van der Waals surface area contributed by atoms with E-state index in [4.69, 9.17) is 0 Å². The molecule has 0 aliphatic heterocycles. The van der Waals surface area contributed by atoms with Crippen molar-refractivity contribution in [3.8, 4) is 0 Å². The molecule has 0 heterocycles. The monoisotopic (exact) mass is 182 g/mol. The van der Waals surface area contributed by atoms with E-state index in [9.17, 15) is 4.79 Å². The molecule has 0 fully saturated rings. The predicted molar refractivity (Wildman–Crippen MR) is 57.8 cm³/mol. The largest absolute Gasteiger partial charge is 0.299 e. The van der Waals surface area contributed by atoms with E-state index < -0.39 is 0 Å². The molecule has 0 bridgehead atoms. The molecule has 0 atom stereocenters. The van der Waals surface area contributed by atoms with Crippen molar-refractivity contribution in [2.24, 2.45) is 0 Å². The summed E-state index contributed by atoms with van der Waals surface area (Å²) in [4.78, 5) is 11.1. The number of ketones is 1. The first-order valence-corrected chi connectivity index (χ1v) is 5.48. The highest BCUT2D eigenvalue weighted by Gasteiger charge is 1.94. The minimum Gasteiger partial charge on any atom is -0.299 e. The van der Waals surface area contributed by atoms with Crippen LogP contribution < -0.4 is 0 Å². The number of carbonyl (C=O) groups is 1. The molecule has 0 unspecified atom stereocenters. The van der Waals surface area contributed by atoms with Crippen LogP contribution in [0.15, 0.2) is 12.2 Å². The van der Waals surface area contributed by atoms with E-state index in [0.29, 0.717) is 12.2 Å². The Morgan fingerprint density at radius 2 is 1.85 bits per heavy atom. The molecule has 0 saturated carbocycles. The van der Waals surface area contributed by atoms with Crippen LogP contribution in [0, 0.1) is 0 Å². The molecule has 0 rings (SSSR count). The lowest BCUT2D eigenvalue weighted by atomic mass is 10.1. The molecule has 0 amide bonds. The van der Waals surface area contributed by atoms with E-state index >= 15 is 0 Å². The molecule has 1 heteroatoms. The highest BCUT2D eigenvalue weighted by atomic mass is 16.1. The van der Waals surface area contributed by atoms with Gasteiger partial charge in [0, 0.05) is 12.8 Å². The second-order valence-electron chi connectivity index (χ2n) is 3.46. The number of allylic oxidation sites excluding steroid dienone is 2. The molecule has 0 aromatic rings. The highest BCUT2D eigenvalue weighted by Crippen LogP contribution is 2.01. The zero-order chi connectivity index (χ0) is 9.94. The summed E-state index contributed by atoms with van der Waals surface area (Å²) in [6.45, 7) is 4.25. The van der Waals surface area contributed by atoms with Crippen LogP contribution in [0.4, 0.5) is 0 Å². The van der Waals surface area contributed by atoms with Gasteiger partial charge in [-0.1, -0.05) is 38.8 Å². The van der Waals surface area contributed by atoms with Gasteiger partial charge in [0.05, 0.1) is 0 Å². The third kappa shape index (κ3) is 9.32. The Hall–Kier alpha value is -0.590. The highest BCUT2D eigenvalue weighted by molar-refractivity contribution is 5.79. The maximum atomic E-state index is 11.1. The van der Waals surface area contributed by atoms with Gasteiger partial charge in [0.1, 0.15) is 5.78 Å². The van der Waals surface area contributed by atoms with Crippen LogP contribution >= 0.6 is 0 Å². The molecule has 0 spiro atoms. The second kappa shape index (κ2) is 9.50. The van der Waals surface area contributed by atoms with E-state index in [2.05, 4.69) is 13.0 Å². The lowest BCUT2D eigenvalue weighted by molar-refractivity contribution is -0.118. The second-order valence-corrected chi connectivity index (χ2v) is 3.46. The van der Waals surface area contributed by atoms with Crippen LogP contribution in [0.2, 0.25) is 0 Å². The third-order valence-corrected chi connectivity index (χ3v) is 2.02. The average Bonchev–Trinajstić information content (AvgIpc) is 2.11. The number of Topliss-reactive ketones (excluding diaryl/α,β-unsaturated/α-hetero) is 1. The molecule has 0 saturated heterocycles. The number of carbonyl (C=O) groups excluding carboxylic acids is 1. The minimum absolute atomic E-state index is 0.370.